The number of carbonyl (C=O) groups is 2. The summed E-state index contributed by atoms with van der Waals surface area (Å²) in [4.78, 5) is 22.6. The van der Waals surface area contributed by atoms with Gasteiger partial charge in [0.05, 0.1) is 24.2 Å². The van der Waals surface area contributed by atoms with Gasteiger partial charge < -0.3 is 18.9 Å². The molecule has 4 atom stereocenters. The molecular weight excluding hydrogens is 335 g/mol. The highest BCUT2D eigenvalue weighted by atomic mass is 35.5. The van der Waals surface area contributed by atoms with Crippen molar-refractivity contribution in [1.82, 2.24) is 0 Å². The van der Waals surface area contributed by atoms with Crippen molar-refractivity contribution in [2.75, 3.05) is 26.4 Å². The molecule has 0 aromatic carbocycles. The standard InChI is InChI=1S/C14H14Cl2O6/c15-11-10(12(17)21-6-8-4-19-8)2-1-3-14(11,16)13(18)22-7-9-5-20-9/h1-3,8-9,11H,4-7H2. The third kappa shape index (κ3) is 3.46. The van der Waals surface area contributed by atoms with Crippen LogP contribution in [0.1, 0.15) is 0 Å². The van der Waals surface area contributed by atoms with Crippen LogP contribution >= 0.6 is 23.2 Å². The van der Waals surface area contributed by atoms with E-state index in [0.29, 0.717) is 13.2 Å². The first-order valence-corrected chi connectivity index (χ1v) is 7.62. The second-order valence-corrected chi connectivity index (χ2v) is 6.28. The third-order valence-electron chi connectivity index (χ3n) is 3.41. The Labute approximate surface area is 136 Å². The van der Waals surface area contributed by atoms with Crippen molar-refractivity contribution in [2.45, 2.75) is 22.5 Å². The number of allylic oxidation sites excluding steroid dienone is 2. The summed E-state index contributed by atoms with van der Waals surface area (Å²) in [5.74, 6) is -1.34. The zero-order valence-corrected chi connectivity index (χ0v) is 13.0. The highest BCUT2D eigenvalue weighted by molar-refractivity contribution is 6.43. The van der Waals surface area contributed by atoms with E-state index in [2.05, 4.69) is 0 Å². The molecule has 0 aromatic heterocycles. The van der Waals surface area contributed by atoms with Crippen molar-refractivity contribution in [2.24, 2.45) is 0 Å². The van der Waals surface area contributed by atoms with Crippen LogP contribution in [-0.2, 0) is 28.5 Å². The number of ether oxygens (including phenoxy) is 4. The Bertz CT molecular complexity index is 537. The lowest BCUT2D eigenvalue weighted by molar-refractivity contribution is -0.146. The molecule has 22 heavy (non-hydrogen) atoms. The Kier molecular flexibility index (Phi) is 4.45. The van der Waals surface area contributed by atoms with Gasteiger partial charge >= 0.3 is 11.9 Å². The predicted molar refractivity (Wildman–Crippen MR) is 76.8 cm³/mol. The van der Waals surface area contributed by atoms with E-state index in [0.717, 1.165) is 0 Å². The number of alkyl halides is 2. The molecule has 2 fully saturated rings. The molecule has 0 saturated carbocycles. The number of epoxide rings is 2. The van der Waals surface area contributed by atoms with Crippen LogP contribution < -0.4 is 0 Å². The van der Waals surface area contributed by atoms with Crippen molar-refractivity contribution in [3.63, 3.8) is 0 Å². The van der Waals surface area contributed by atoms with Crippen LogP contribution in [0, 0.1) is 0 Å². The average Bonchev–Trinajstić information content (AvgIpc) is 3.38. The molecule has 6 nitrogen and oxygen atoms in total. The summed E-state index contributed by atoms with van der Waals surface area (Å²) >= 11 is 12.5. The zero-order valence-electron chi connectivity index (χ0n) is 11.5. The van der Waals surface area contributed by atoms with Gasteiger partial charge in [-0.25, -0.2) is 9.59 Å². The van der Waals surface area contributed by atoms with E-state index in [4.69, 9.17) is 42.1 Å². The number of rotatable bonds is 6. The van der Waals surface area contributed by atoms with Gasteiger partial charge in [0.15, 0.2) is 4.87 Å². The number of esters is 2. The van der Waals surface area contributed by atoms with Crippen LogP contribution in [0.4, 0.5) is 0 Å². The molecule has 4 unspecified atom stereocenters. The van der Waals surface area contributed by atoms with E-state index >= 15 is 0 Å². The first-order valence-electron chi connectivity index (χ1n) is 6.80. The summed E-state index contributed by atoms with van der Waals surface area (Å²) < 4.78 is 20.1. The minimum absolute atomic E-state index is 0.0540. The first-order chi connectivity index (χ1) is 10.5. The SMILES string of the molecule is O=C(OCC1CO1)C1=CC=CC(Cl)(C(=O)OCC2CO2)C1Cl. The van der Waals surface area contributed by atoms with Crippen molar-refractivity contribution in [3.8, 4) is 0 Å². The highest BCUT2D eigenvalue weighted by Gasteiger charge is 2.48. The topological polar surface area (TPSA) is 77.7 Å². The largest absolute Gasteiger partial charge is 0.461 e. The van der Waals surface area contributed by atoms with Gasteiger partial charge in [-0.2, -0.15) is 0 Å². The van der Waals surface area contributed by atoms with E-state index in [1.165, 1.54) is 18.2 Å². The van der Waals surface area contributed by atoms with Crippen LogP contribution in [0.5, 0.6) is 0 Å². The fourth-order valence-corrected chi connectivity index (χ4v) is 2.46. The quantitative estimate of drug-likeness (QED) is 0.404. The lowest BCUT2D eigenvalue weighted by atomic mass is 9.92. The Morgan fingerprint density at radius 3 is 2.41 bits per heavy atom. The van der Waals surface area contributed by atoms with Crippen LogP contribution in [-0.4, -0.2) is 60.8 Å². The zero-order chi connectivity index (χ0) is 15.7. The molecule has 2 saturated heterocycles. The highest BCUT2D eigenvalue weighted by Crippen LogP contribution is 2.36. The second kappa shape index (κ2) is 6.20. The smallest absolute Gasteiger partial charge is 0.335 e. The molecule has 3 rings (SSSR count). The Morgan fingerprint density at radius 2 is 1.82 bits per heavy atom. The first kappa shape index (κ1) is 15.8. The molecule has 2 aliphatic heterocycles. The van der Waals surface area contributed by atoms with Crippen LogP contribution in [0.2, 0.25) is 0 Å². The molecular formula is C14H14Cl2O6. The third-order valence-corrected chi connectivity index (χ3v) is 4.60. The molecule has 0 N–H and O–H groups in total. The summed E-state index contributed by atoms with van der Waals surface area (Å²) in [6.45, 7) is 1.41. The van der Waals surface area contributed by atoms with E-state index in [9.17, 15) is 9.59 Å². The predicted octanol–water partition coefficient (Wildman–Crippen LogP) is 0.952. The fraction of sp³-hybridized carbons (Fsp3) is 0.571. The number of carbonyl (C=O) groups excluding carboxylic acids is 2. The van der Waals surface area contributed by atoms with Gasteiger partial charge in [-0.3, -0.25) is 0 Å². The molecule has 0 radical (unpaired) electrons. The number of halogens is 2. The molecule has 0 bridgehead atoms. The van der Waals surface area contributed by atoms with Crippen molar-refractivity contribution >= 4 is 35.1 Å². The molecule has 1 aliphatic carbocycles. The van der Waals surface area contributed by atoms with E-state index in [1.807, 2.05) is 0 Å². The summed E-state index contributed by atoms with van der Waals surface area (Å²) in [5, 5.41) is -1.08. The molecule has 3 aliphatic rings. The molecule has 0 amide bonds. The molecule has 120 valence electrons. The van der Waals surface area contributed by atoms with Crippen molar-refractivity contribution < 1.29 is 28.5 Å². The van der Waals surface area contributed by atoms with Gasteiger partial charge in [0, 0.05) is 0 Å². The molecule has 8 heteroatoms. The van der Waals surface area contributed by atoms with Gasteiger partial charge in [0.1, 0.15) is 25.4 Å². The van der Waals surface area contributed by atoms with Crippen LogP contribution in [0.25, 0.3) is 0 Å². The maximum Gasteiger partial charge on any atom is 0.335 e. The number of hydrogen-bond acceptors (Lipinski definition) is 6. The van der Waals surface area contributed by atoms with E-state index in [-0.39, 0.29) is 31.0 Å². The van der Waals surface area contributed by atoms with Gasteiger partial charge in [0.2, 0.25) is 0 Å². The van der Waals surface area contributed by atoms with E-state index in [1.54, 1.807) is 0 Å². The second-order valence-electron chi connectivity index (χ2n) is 5.22. The summed E-state index contributed by atoms with van der Waals surface area (Å²) in [6, 6.07) is 0. The molecule has 0 spiro atoms. The summed E-state index contributed by atoms with van der Waals surface area (Å²) in [5.41, 5.74) is 0.111. The number of hydrogen-bond donors (Lipinski definition) is 0. The van der Waals surface area contributed by atoms with Gasteiger partial charge in [0.25, 0.3) is 0 Å². The summed E-state index contributed by atoms with van der Waals surface area (Å²) in [7, 11) is 0. The Balaban J connectivity index is 1.62. The minimum Gasteiger partial charge on any atom is -0.461 e. The normalized spacial score (nSPS) is 35.5. The minimum atomic E-state index is -1.64. The molecule has 0 aromatic rings. The van der Waals surface area contributed by atoms with Gasteiger partial charge in [-0.05, 0) is 0 Å². The van der Waals surface area contributed by atoms with E-state index < -0.39 is 22.2 Å². The maximum atomic E-state index is 12.2. The Hall–Kier alpha value is -1.08. The maximum absolute atomic E-state index is 12.2. The lowest BCUT2D eigenvalue weighted by Gasteiger charge is -2.29. The summed E-state index contributed by atoms with van der Waals surface area (Å²) in [6.07, 6.45) is 4.24. The van der Waals surface area contributed by atoms with Crippen molar-refractivity contribution in [1.29, 1.82) is 0 Å². The Morgan fingerprint density at radius 1 is 1.23 bits per heavy atom. The molecule has 2 heterocycles. The van der Waals surface area contributed by atoms with Crippen LogP contribution in [0.15, 0.2) is 23.8 Å². The average molecular weight is 349 g/mol. The van der Waals surface area contributed by atoms with Crippen LogP contribution in [0.3, 0.4) is 0 Å². The van der Waals surface area contributed by atoms with Gasteiger partial charge in [-0.15, -0.1) is 23.2 Å². The van der Waals surface area contributed by atoms with Crippen molar-refractivity contribution in [3.05, 3.63) is 23.8 Å². The monoisotopic (exact) mass is 348 g/mol. The fourth-order valence-electron chi connectivity index (χ4n) is 1.89. The van der Waals surface area contributed by atoms with Gasteiger partial charge in [-0.1, -0.05) is 18.2 Å². The lowest BCUT2D eigenvalue weighted by Crippen LogP contribution is -2.45.